The molecule has 0 amide bonds. The van der Waals surface area contributed by atoms with Gasteiger partial charge in [0, 0.05) is 5.56 Å². The van der Waals surface area contributed by atoms with Crippen molar-refractivity contribution in [2.24, 2.45) is 0 Å². The zero-order chi connectivity index (χ0) is 21.5. The van der Waals surface area contributed by atoms with Gasteiger partial charge in [-0.3, -0.25) is 0 Å². The molecule has 3 N–H and O–H groups in total. The zero-order valence-corrected chi connectivity index (χ0v) is 14.7. The molecule has 0 radical (unpaired) electrons. The molecule has 28 heavy (non-hydrogen) atoms. The molecule has 4 nitrogen and oxygen atoms in total. The predicted molar refractivity (Wildman–Crippen MR) is 86.1 cm³/mol. The van der Waals surface area contributed by atoms with Crippen molar-refractivity contribution in [3.05, 3.63) is 40.5 Å². The number of rotatable bonds is 4. The monoisotopic (exact) mass is 431 g/mol. The van der Waals surface area contributed by atoms with Gasteiger partial charge in [0.15, 0.2) is 0 Å². The molecule has 0 atom stereocenters. The SMILES string of the molecule is CCOC(=O)c1c(N)sc(C(O)(C(F)(F)F)C(F)(F)F)c1-c1ccc(F)cc1. The largest absolute Gasteiger partial charge is 0.462 e. The number of nitrogen functional groups attached to an aromatic ring is 1. The number of esters is 1. The first-order valence-electron chi connectivity index (χ1n) is 7.47. The molecule has 2 aromatic rings. The number of hydrogen-bond acceptors (Lipinski definition) is 5. The number of carbonyl (C=O) groups is 1. The molecule has 2 rings (SSSR count). The van der Waals surface area contributed by atoms with Crippen LogP contribution >= 0.6 is 11.3 Å². The van der Waals surface area contributed by atoms with Gasteiger partial charge in [-0.1, -0.05) is 12.1 Å². The number of benzene rings is 1. The Bertz CT molecular complexity index is 858. The van der Waals surface area contributed by atoms with Crippen molar-refractivity contribution in [2.75, 3.05) is 12.3 Å². The Morgan fingerprint density at radius 3 is 2.04 bits per heavy atom. The average molecular weight is 431 g/mol. The number of carbonyl (C=O) groups excluding carboxylic acids is 1. The van der Waals surface area contributed by atoms with Gasteiger partial charge in [-0.15, -0.1) is 11.3 Å². The van der Waals surface area contributed by atoms with Gasteiger partial charge in [0.1, 0.15) is 16.4 Å². The van der Waals surface area contributed by atoms with Crippen molar-refractivity contribution < 1.29 is 45.4 Å². The molecule has 0 saturated heterocycles. The van der Waals surface area contributed by atoms with Gasteiger partial charge in [0.25, 0.3) is 5.60 Å². The molecule has 154 valence electrons. The van der Waals surface area contributed by atoms with Gasteiger partial charge >= 0.3 is 18.3 Å². The summed E-state index contributed by atoms with van der Waals surface area (Å²) in [5.41, 5.74) is -1.89. The number of thiophene rings is 1. The van der Waals surface area contributed by atoms with E-state index < -0.39 is 50.7 Å². The van der Waals surface area contributed by atoms with E-state index in [0.717, 1.165) is 24.3 Å². The topological polar surface area (TPSA) is 72.5 Å². The second-order valence-corrected chi connectivity index (χ2v) is 6.53. The summed E-state index contributed by atoms with van der Waals surface area (Å²) < 4.78 is 98.0. The van der Waals surface area contributed by atoms with Gasteiger partial charge in [0.05, 0.1) is 11.5 Å². The van der Waals surface area contributed by atoms with E-state index in [9.17, 15) is 40.6 Å². The number of aliphatic hydroxyl groups is 1. The van der Waals surface area contributed by atoms with E-state index in [1.54, 1.807) is 0 Å². The molecule has 1 aromatic carbocycles. The van der Waals surface area contributed by atoms with Crippen LogP contribution in [0.2, 0.25) is 0 Å². The highest BCUT2D eigenvalue weighted by atomic mass is 32.1. The minimum atomic E-state index is -6.19. The summed E-state index contributed by atoms with van der Waals surface area (Å²) in [6, 6.07) is 3.25. The van der Waals surface area contributed by atoms with Crippen LogP contribution in [0.25, 0.3) is 11.1 Å². The molecular weight excluding hydrogens is 419 g/mol. The normalized spacial score (nSPS) is 12.9. The molecule has 0 bridgehead atoms. The van der Waals surface area contributed by atoms with Crippen LogP contribution in [0.5, 0.6) is 0 Å². The van der Waals surface area contributed by atoms with Crippen LogP contribution < -0.4 is 5.73 Å². The van der Waals surface area contributed by atoms with Crippen LogP contribution in [0.3, 0.4) is 0 Å². The van der Waals surface area contributed by atoms with Gasteiger partial charge in [0.2, 0.25) is 0 Å². The molecule has 0 unspecified atom stereocenters. The highest BCUT2D eigenvalue weighted by Gasteiger charge is 2.73. The number of hydrogen-bond donors (Lipinski definition) is 2. The fraction of sp³-hybridized carbons (Fsp3) is 0.312. The van der Waals surface area contributed by atoms with Gasteiger partial charge in [-0.2, -0.15) is 26.3 Å². The minimum absolute atomic E-state index is 0.241. The first-order chi connectivity index (χ1) is 12.8. The molecule has 0 fully saturated rings. The van der Waals surface area contributed by atoms with Crippen LogP contribution in [0.15, 0.2) is 24.3 Å². The molecule has 12 heteroatoms. The lowest BCUT2D eigenvalue weighted by Crippen LogP contribution is -2.53. The Kier molecular flexibility index (Phi) is 5.68. The fourth-order valence-corrected chi connectivity index (χ4v) is 3.63. The van der Waals surface area contributed by atoms with Crippen molar-refractivity contribution in [2.45, 2.75) is 24.9 Å². The summed E-state index contributed by atoms with van der Waals surface area (Å²) in [5.74, 6) is -2.11. The van der Waals surface area contributed by atoms with Crippen LogP contribution in [0.1, 0.15) is 22.2 Å². The van der Waals surface area contributed by atoms with E-state index >= 15 is 0 Å². The third-order valence-corrected chi connectivity index (χ3v) is 4.82. The second kappa shape index (κ2) is 7.24. The molecule has 0 aliphatic heterocycles. The van der Waals surface area contributed by atoms with Crippen LogP contribution in [0, 0.1) is 5.82 Å². The summed E-state index contributed by atoms with van der Waals surface area (Å²) in [4.78, 5) is 10.5. The maximum atomic E-state index is 13.4. The maximum absolute atomic E-state index is 13.4. The van der Waals surface area contributed by atoms with E-state index in [4.69, 9.17) is 5.73 Å². The van der Waals surface area contributed by atoms with E-state index in [-0.39, 0.29) is 23.5 Å². The van der Waals surface area contributed by atoms with Crippen molar-refractivity contribution in [1.82, 2.24) is 0 Å². The third-order valence-electron chi connectivity index (χ3n) is 3.70. The number of nitrogens with two attached hydrogens (primary N) is 1. The first kappa shape index (κ1) is 22.0. The predicted octanol–water partition coefficient (Wildman–Crippen LogP) is 4.63. The maximum Gasteiger partial charge on any atom is 0.431 e. The molecule has 0 aliphatic carbocycles. The quantitative estimate of drug-likeness (QED) is 0.547. The van der Waals surface area contributed by atoms with Crippen molar-refractivity contribution in [3.63, 3.8) is 0 Å². The van der Waals surface area contributed by atoms with E-state index in [0.29, 0.717) is 0 Å². The van der Waals surface area contributed by atoms with Gasteiger partial charge in [-0.05, 0) is 24.6 Å². The van der Waals surface area contributed by atoms with E-state index in [1.807, 2.05) is 0 Å². The zero-order valence-electron chi connectivity index (χ0n) is 13.9. The Hall–Kier alpha value is -2.34. The second-order valence-electron chi connectivity index (χ2n) is 5.48. The minimum Gasteiger partial charge on any atom is -0.462 e. The Morgan fingerprint density at radius 1 is 1.11 bits per heavy atom. The fourth-order valence-electron chi connectivity index (χ4n) is 2.42. The standard InChI is InChI=1S/C16H12F7NO3S/c1-2-27-13(25)10-9(7-3-5-8(17)6-4-7)11(28-12(10)24)14(26,15(18,19)20)16(21,22)23/h3-6,26H,2,24H2,1H3. The lowest BCUT2D eigenvalue weighted by atomic mass is 9.91. The summed E-state index contributed by atoms with van der Waals surface area (Å²) in [6.45, 7) is 1.12. The van der Waals surface area contributed by atoms with E-state index in [2.05, 4.69) is 4.74 Å². The van der Waals surface area contributed by atoms with Gasteiger partial charge in [-0.25, -0.2) is 9.18 Å². The first-order valence-corrected chi connectivity index (χ1v) is 8.29. The van der Waals surface area contributed by atoms with Crippen molar-refractivity contribution in [3.8, 4) is 11.1 Å². The molecule has 0 saturated carbocycles. The third kappa shape index (κ3) is 3.53. The highest BCUT2D eigenvalue weighted by Crippen LogP contribution is 2.56. The number of alkyl halides is 6. The average Bonchev–Trinajstić information content (AvgIpc) is 2.90. The summed E-state index contributed by atoms with van der Waals surface area (Å²) in [5, 5.41) is 9.06. The smallest absolute Gasteiger partial charge is 0.431 e. The van der Waals surface area contributed by atoms with Crippen molar-refractivity contribution >= 4 is 22.3 Å². The highest BCUT2D eigenvalue weighted by molar-refractivity contribution is 7.17. The van der Waals surface area contributed by atoms with E-state index in [1.165, 1.54) is 6.92 Å². The van der Waals surface area contributed by atoms with Gasteiger partial charge < -0.3 is 15.6 Å². The molecular formula is C16H12F7NO3S. The summed E-state index contributed by atoms with van der Waals surface area (Å²) >= 11 is -0.252. The lowest BCUT2D eigenvalue weighted by molar-refractivity contribution is -0.374. The number of halogens is 7. The number of anilines is 1. The molecule has 0 aliphatic rings. The molecule has 1 heterocycles. The molecule has 1 aromatic heterocycles. The van der Waals surface area contributed by atoms with Crippen molar-refractivity contribution in [1.29, 1.82) is 0 Å². The Balaban J connectivity index is 2.94. The Morgan fingerprint density at radius 2 is 1.61 bits per heavy atom. The van der Waals surface area contributed by atoms with Crippen LogP contribution in [0.4, 0.5) is 35.7 Å². The van der Waals surface area contributed by atoms with Crippen LogP contribution in [-0.4, -0.2) is 30.0 Å². The summed E-state index contributed by atoms with van der Waals surface area (Å²) in [7, 11) is 0. The Labute approximate surface area is 157 Å². The lowest BCUT2D eigenvalue weighted by Gasteiger charge is -2.32. The van der Waals surface area contributed by atoms with Crippen LogP contribution in [-0.2, 0) is 10.3 Å². The number of ether oxygens (including phenoxy) is 1. The summed E-state index contributed by atoms with van der Waals surface area (Å²) in [6.07, 6.45) is -12.4. The molecule has 0 spiro atoms.